The van der Waals surface area contributed by atoms with Gasteiger partial charge in [-0.25, -0.2) is 0 Å². The Morgan fingerprint density at radius 3 is 2.33 bits per heavy atom. The smallest absolute Gasteiger partial charge is 0.245 e. The van der Waals surface area contributed by atoms with Crippen LogP contribution in [0.5, 0.6) is 0 Å². The molecular weight excluding hydrogens is 228 g/mol. The molecule has 4 heteroatoms. The highest BCUT2D eigenvalue weighted by molar-refractivity contribution is 5.96. The van der Waals surface area contributed by atoms with Crippen LogP contribution in [0.4, 0.5) is 0 Å². The molecule has 4 nitrogen and oxygen atoms in total. The Morgan fingerprint density at radius 2 is 1.78 bits per heavy atom. The maximum Gasteiger partial charge on any atom is 0.245 e. The monoisotopic (exact) mass is 252 g/mol. The van der Waals surface area contributed by atoms with Crippen molar-refractivity contribution in [3.63, 3.8) is 0 Å². The van der Waals surface area contributed by atoms with Gasteiger partial charge >= 0.3 is 0 Å². The van der Waals surface area contributed by atoms with E-state index in [4.69, 9.17) is 0 Å². The van der Waals surface area contributed by atoms with E-state index in [0.717, 1.165) is 18.8 Å². The summed E-state index contributed by atoms with van der Waals surface area (Å²) < 4.78 is 0. The third-order valence-electron chi connectivity index (χ3n) is 4.39. The molecule has 0 aromatic rings. The Hall–Kier alpha value is -1.06. The van der Waals surface area contributed by atoms with Gasteiger partial charge in [0, 0.05) is 6.04 Å². The molecule has 0 spiro atoms. The first-order valence-corrected chi connectivity index (χ1v) is 7.17. The largest absolute Gasteiger partial charge is 0.343 e. The van der Waals surface area contributed by atoms with Gasteiger partial charge in [0.05, 0.1) is 0 Å². The van der Waals surface area contributed by atoms with Crippen molar-refractivity contribution in [1.29, 1.82) is 0 Å². The second-order valence-electron chi connectivity index (χ2n) is 5.81. The SMILES string of the molecule is CCC1C(=O)NC(C)C(=O)N1C1CCC(C)CC1. The minimum atomic E-state index is -0.361. The highest BCUT2D eigenvalue weighted by atomic mass is 16.2. The number of nitrogens with zero attached hydrogens (tertiary/aromatic N) is 1. The normalized spacial score (nSPS) is 37.6. The fourth-order valence-electron chi connectivity index (χ4n) is 3.21. The maximum atomic E-state index is 12.3. The predicted molar refractivity (Wildman–Crippen MR) is 69.9 cm³/mol. The molecule has 2 atom stereocenters. The summed E-state index contributed by atoms with van der Waals surface area (Å²) in [5.41, 5.74) is 0. The molecule has 1 aliphatic carbocycles. The fourth-order valence-corrected chi connectivity index (χ4v) is 3.21. The number of rotatable bonds is 2. The molecule has 1 heterocycles. The number of hydrogen-bond donors (Lipinski definition) is 1. The first-order chi connectivity index (χ1) is 8.54. The zero-order valence-electron chi connectivity index (χ0n) is 11.6. The topological polar surface area (TPSA) is 49.4 Å². The Balaban J connectivity index is 2.15. The van der Waals surface area contributed by atoms with Crippen molar-refractivity contribution in [1.82, 2.24) is 10.2 Å². The third kappa shape index (κ3) is 2.38. The van der Waals surface area contributed by atoms with Crippen molar-refractivity contribution in [2.24, 2.45) is 5.92 Å². The number of carbonyl (C=O) groups is 2. The summed E-state index contributed by atoms with van der Waals surface area (Å²) in [6, 6.07) is -0.348. The van der Waals surface area contributed by atoms with Gasteiger partial charge < -0.3 is 10.2 Å². The Morgan fingerprint density at radius 1 is 1.17 bits per heavy atom. The zero-order chi connectivity index (χ0) is 13.3. The minimum Gasteiger partial charge on any atom is -0.343 e. The van der Waals surface area contributed by atoms with Gasteiger partial charge in [0.15, 0.2) is 0 Å². The van der Waals surface area contributed by atoms with Crippen LogP contribution >= 0.6 is 0 Å². The molecule has 1 saturated carbocycles. The lowest BCUT2D eigenvalue weighted by atomic mass is 9.85. The van der Waals surface area contributed by atoms with E-state index in [9.17, 15) is 9.59 Å². The van der Waals surface area contributed by atoms with Crippen molar-refractivity contribution in [2.75, 3.05) is 0 Å². The van der Waals surface area contributed by atoms with E-state index in [-0.39, 0.29) is 29.9 Å². The molecule has 0 radical (unpaired) electrons. The number of piperazine rings is 1. The van der Waals surface area contributed by atoms with Crippen molar-refractivity contribution < 1.29 is 9.59 Å². The van der Waals surface area contributed by atoms with Gasteiger partial charge in [0.2, 0.25) is 11.8 Å². The van der Waals surface area contributed by atoms with Crippen molar-refractivity contribution >= 4 is 11.8 Å². The standard InChI is InChI=1S/C14H24N2O2/c1-4-12-13(17)15-10(3)14(18)16(12)11-7-5-9(2)6-8-11/h9-12H,4-8H2,1-3H3,(H,15,17). The van der Waals surface area contributed by atoms with E-state index < -0.39 is 0 Å². The second kappa shape index (κ2) is 5.29. The molecule has 0 bridgehead atoms. The van der Waals surface area contributed by atoms with E-state index in [1.807, 2.05) is 11.8 Å². The maximum absolute atomic E-state index is 12.3. The number of carbonyl (C=O) groups excluding carboxylic acids is 2. The summed E-state index contributed by atoms with van der Waals surface area (Å²) >= 11 is 0. The molecule has 1 aliphatic heterocycles. The van der Waals surface area contributed by atoms with Crippen LogP contribution in [-0.2, 0) is 9.59 Å². The lowest BCUT2D eigenvalue weighted by Gasteiger charge is -2.44. The van der Waals surface area contributed by atoms with E-state index in [0.29, 0.717) is 6.42 Å². The average molecular weight is 252 g/mol. The lowest BCUT2D eigenvalue weighted by molar-refractivity contribution is -0.152. The molecule has 2 rings (SSSR count). The van der Waals surface area contributed by atoms with E-state index in [1.54, 1.807) is 6.92 Å². The van der Waals surface area contributed by atoms with Crippen LogP contribution < -0.4 is 5.32 Å². The van der Waals surface area contributed by atoms with Gasteiger partial charge in [-0.3, -0.25) is 9.59 Å². The highest BCUT2D eigenvalue weighted by Crippen LogP contribution is 2.30. The van der Waals surface area contributed by atoms with Crippen molar-refractivity contribution in [3.05, 3.63) is 0 Å². The lowest BCUT2D eigenvalue weighted by Crippen LogP contribution is -2.65. The molecule has 2 fully saturated rings. The van der Waals surface area contributed by atoms with Crippen LogP contribution in [0.15, 0.2) is 0 Å². The zero-order valence-corrected chi connectivity index (χ0v) is 11.6. The van der Waals surface area contributed by atoms with Crippen LogP contribution in [-0.4, -0.2) is 34.8 Å². The third-order valence-corrected chi connectivity index (χ3v) is 4.39. The van der Waals surface area contributed by atoms with E-state index >= 15 is 0 Å². The van der Waals surface area contributed by atoms with E-state index in [2.05, 4.69) is 12.2 Å². The quantitative estimate of drug-likeness (QED) is 0.813. The highest BCUT2D eigenvalue weighted by Gasteiger charge is 2.41. The summed E-state index contributed by atoms with van der Waals surface area (Å²) in [5, 5.41) is 2.78. The number of nitrogens with one attached hydrogen (secondary N) is 1. The van der Waals surface area contributed by atoms with Gasteiger partial charge in [-0.2, -0.15) is 0 Å². The van der Waals surface area contributed by atoms with Gasteiger partial charge in [-0.05, 0) is 44.9 Å². The van der Waals surface area contributed by atoms with Crippen LogP contribution in [0.2, 0.25) is 0 Å². The second-order valence-corrected chi connectivity index (χ2v) is 5.81. The Bertz CT molecular complexity index is 335. The van der Waals surface area contributed by atoms with Gasteiger partial charge in [0.25, 0.3) is 0 Å². The molecule has 18 heavy (non-hydrogen) atoms. The van der Waals surface area contributed by atoms with Crippen LogP contribution in [0, 0.1) is 5.92 Å². The summed E-state index contributed by atoms with van der Waals surface area (Å²) in [4.78, 5) is 26.2. The van der Waals surface area contributed by atoms with Crippen molar-refractivity contribution in [3.8, 4) is 0 Å². The van der Waals surface area contributed by atoms with Crippen molar-refractivity contribution in [2.45, 2.75) is 71.0 Å². The molecule has 2 amide bonds. The number of amides is 2. The number of hydrogen-bond acceptors (Lipinski definition) is 2. The van der Waals surface area contributed by atoms with Gasteiger partial charge in [0.1, 0.15) is 12.1 Å². The van der Waals surface area contributed by atoms with Crippen LogP contribution in [0.1, 0.15) is 52.9 Å². The first-order valence-electron chi connectivity index (χ1n) is 7.17. The summed E-state index contributed by atoms with van der Waals surface area (Å²) in [6.07, 6.45) is 5.13. The molecule has 0 aromatic carbocycles. The van der Waals surface area contributed by atoms with Gasteiger partial charge in [-0.15, -0.1) is 0 Å². The predicted octanol–water partition coefficient (Wildman–Crippen LogP) is 1.69. The summed E-state index contributed by atoms with van der Waals surface area (Å²) in [5.74, 6) is 0.872. The van der Waals surface area contributed by atoms with Gasteiger partial charge in [-0.1, -0.05) is 13.8 Å². The van der Waals surface area contributed by atoms with Crippen LogP contribution in [0.25, 0.3) is 0 Å². The summed E-state index contributed by atoms with van der Waals surface area (Å²) in [6.45, 7) is 6.03. The minimum absolute atomic E-state index is 0.0169. The molecule has 0 aromatic heterocycles. The first kappa shape index (κ1) is 13.4. The Kier molecular flexibility index (Phi) is 3.93. The summed E-state index contributed by atoms with van der Waals surface area (Å²) in [7, 11) is 0. The fraction of sp³-hybridized carbons (Fsp3) is 0.857. The van der Waals surface area contributed by atoms with E-state index in [1.165, 1.54) is 12.8 Å². The molecule has 1 N–H and O–H groups in total. The van der Waals surface area contributed by atoms with Crippen LogP contribution in [0.3, 0.4) is 0 Å². The molecule has 102 valence electrons. The molecule has 2 aliphatic rings. The molecular formula is C14H24N2O2. The molecule has 1 saturated heterocycles. The average Bonchev–Trinajstić information content (AvgIpc) is 2.35. The molecule has 2 unspecified atom stereocenters. The Labute approximate surface area is 109 Å².